The fourth-order valence-corrected chi connectivity index (χ4v) is 2.88. The van der Waals surface area contributed by atoms with Gasteiger partial charge in [0, 0.05) is 38.5 Å². The molecule has 19 heavy (non-hydrogen) atoms. The van der Waals surface area contributed by atoms with Crippen molar-refractivity contribution in [3.05, 3.63) is 0 Å². The number of hydrogen-bond acceptors (Lipinski definition) is 2. The summed E-state index contributed by atoms with van der Waals surface area (Å²) in [6, 6.07) is 0. The number of carbonyl (C=O) groups excluding carboxylic acids is 2. The molecule has 4 heteroatoms. The van der Waals surface area contributed by atoms with Crippen LogP contribution in [0.1, 0.15) is 39.5 Å². The Morgan fingerprint density at radius 2 is 1.68 bits per heavy atom. The average Bonchev–Trinajstić information content (AvgIpc) is 3.20. The second-order valence-corrected chi connectivity index (χ2v) is 6.49. The van der Waals surface area contributed by atoms with E-state index in [1.54, 1.807) is 0 Å². The highest BCUT2D eigenvalue weighted by Crippen LogP contribution is 2.32. The van der Waals surface area contributed by atoms with E-state index in [9.17, 15) is 9.59 Å². The second kappa shape index (κ2) is 5.93. The lowest BCUT2D eigenvalue weighted by atomic mass is 9.95. The molecule has 1 heterocycles. The summed E-state index contributed by atoms with van der Waals surface area (Å²) < 4.78 is 0. The maximum absolute atomic E-state index is 12.3. The fourth-order valence-electron chi connectivity index (χ4n) is 2.88. The van der Waals surface area contributed by atoms with Crippen molar-refractivity contribution in [1.29, 1.82) is 0 Å². The van der Waals surface area contributed by atoms with Crippen molar-refractivity contribution in [3.63, 3.8) is 0 Å². The van der Waals surface area contributed by atoms with Gasteiger partial charge in [0.15, 0.2) is 0 Å². The quantitative estimate of drug-likeness (QED) is 0.778. The molecule has 108 valence electrons. The summed E-state index contributed by atoms with van der Waals surface area (Å²) in [7, 11) is 1.89. The van der Waals surface area contributed by atoms with Gasteiger partial charge in [-0.15, -0.1) is 0 Å². The topological polar surface area (TPSA) is 40.6 Å². The number of carbonyl (C=O) groups is 2. The molecule has 0 aromatic rings. The molecule has 0 N–H and O–H groups in total. The van der Waals surface area contributed by atoms with E-state index in [4.69, 9.17) is 0 Å². The van der Waals surface area contributed by atoms with Crippen molar-refractivity contribution in [1.82, 2.24) is 9.80 Å². The van der Waals surface area contributed by atoms with Gasteiger partial charge in [0.2, 0.25) is 11.8 Å². The molecule has 0 spiro atoms. The monoisotopic (exact) mass is 266 g/mol. The van der Waals surface area contributed by atoms with E-state index in [0.717, 1.165) is 45.3 Å². The predicted molar refractivity (Wildman–Crippen MR) is 74.5 cm³/mol. The van der Waals surface area contributed by atoms with E-state index < -0.39 is 0 Å². The highest BCUT2D eigenvalue weighted by Gasteiger charge is 2.36. The summed E-state index contributed by atoms with van der Waals surface area (Å²) in [6.07, 6.45) is 3.79. The zero-order chi connectivity index (χ0) is 14.0. The van der Waals surface area contributed by atoms with Crippen molar-refractivity contribution in [3.8, 4) is 0 Å². The minimum absolute atomic E-state index is 0.118. The highest BCUT2D eigenvalue weighted by atomic mass is 16.2. The van der Waals surface area contributed by atoms with Gasteiger partial charge >= 0.3 is 0 Å². The molecule has 2 rings (SSSR count). The molecule has 0 radical (unpaired) electrons. The second-order valence-electron chi connectivity index (χ2n) is 6.49. The van der Waals surface area contributed by atoms with Crippen LogP contribution in [-0.2, 0) is 9.59 Å². The molecule has 1 aliphatic carbocycles. The molecule has 1 aliphatic heterocycles. The maximum Gasteiger partial charge on any atom is 0.225 e. The lowest BCUT2D eigenvalue weighted by molar-refractivity contribution is -0.140. The van der Waals surface area contributed by atoms with Crippen molar-refractivity contribution in [2.75, 3.05) is 26.7 Å². The smallest absolute Gasteiger partial charge is 0.225 e. The van der Waals surface area contributed by atoms with Crippen molar-refractivity contribution in [2.24, 2.45) is 17.8 Å². The Morgan fingerprint density at radius 3 is 2.16 bits per heavy atom. The first kappa shape index (κ1) is 14.4. The fraction of sp³-hybridized carbons (Fsp3) is 0.867. The Labute approximate surface area is 116 Å². The van der Waals surface area contributed by atoms with Crippen LogP contribution in [0.15, 0.2) is 0 Å². The number of rotatable bonds is 4. The number of hydrogen-bond donors (Lipinski definition) is 0. The molecule has 0 aromatic carbocycles. The zero-order valence-corrected chi connectivity index (χ0v) is 12.4. The zero-order valence-electron chi connectivity index (χ0n) is 12.4. The van der Waals surface area contributed by atoms with Gasteiger partial charge < -0.3 is 9.80 Å². The third-order valence-corrected chi connectivity index (χ3v) is 4.10. The summed E-state index contributed by atoms with van der Waals surface area (Å²) in [5.74, 6) is 1.50. The van der Waals surface area contributed by atoms with E-state index in [0.29, 0.717) is 17.7 Å². The number of nitrogens with zero attached hydrogens (tertiary/aromatic N) is 2. The van der Waals surface area contributed by atoms with E-state index in [1.165, 1.54) is 0 Å². The summed E-state index contributed by atoms with van der Waals surface area (Å²) in [5.41, 5.74) is 0. The summed E-state index contributed by atoms with van der Waals surface area (Å²) in [6.45, 7) is 6.60. The summed E-state index contributed by atoms with van der Waals surface area (Å²) in [5, 5.41) is 0. The Kier molecular flexibility index (Phi) is 4.48. The van der Waals surface area contributed by atoms with Gasteiger partial charge in [-0.1, -0.05) is 13.8 Å². The summed E-state index contributed by atoms with van der Waals surface area (Å²) in [4.78, 5) is 28.0. The Morgan fingerprint density at radius 1 is 1.11 bits per heavy atom. The van der Waals surface area contributed by atoms with E-state index >= 15 is 0 Å². The normalized spacial score (nSPS) is 20.7. The standard InChI is InChI=1S/C15H26N2O2/c1-11(2)10-16(3)14(18)13-6-8-17(9-7-13)15(19)12-4-5-12/h11-13H,4-10H2,1-3H3. The van der Waals surface area contributed by atoms with Gasteiger partial charge in [0.1, 0.15) is 0 Å². The molecule has 1 saturated heterocycles. The van der Waals surface area contributed by atoms with Crippen LogP contribution in [0.3, 0.4) is 0 Å². The lowest BCUT2D eigenvalue weighted by Crippen LogP contribution is -2.44. The number of amides is 2. The van der Waals surface area contributed by atoms with Gasteiger partial charge in [-0.05, 0) is 31.6 Å². The Balaban J connectivity index is 1.78. The van der Waals surface area contributed by atoms with Crippen molar-refractivity contribution < 1.29 is 9.59 Å². The highest BCUT2D eigenvalue weighted by molar-refractivity contribution is 5.82. The van der Waals surface area contributed by atoms with E-state index in [1.807, 2.05) is 16.8 Å². The minimum atomic E-state index is 0.118. The van der Waals surface area contributed by atoms with Gasteiger partial charge in [0.25, 0.3) is 0 Å². The van der Waals surface area contributed by atoms with Crippen LogP contribution in [0.5, 0.6) is 0 Å². The molecule has 2 amide bonds. The van der Waals surface area contributed by atoms with Gasteiger partial charge in [0.05, 0.1) is 0 Å². The average molecular weight is 266 g/mol. The van der Waals surface area contributed by atoms with Crippen LogP contribution >= 0.6 is 0 Å². The van der Waals surface area contributed by atoms with Crippen LogP contribution in [0.4, 0.5) is 0 Å². The molecular weight excluding hydrogens is 240 g/mol. The van der Waals surface area contributed by atoms with Crippen LogP contribution in [0.25, 0.3) is 0 Å². The van der Waals surface area contributed by atoms with Gasteiger partial charge in [-0.2, -0.15) is 0 Å². The van der Waals surface area contributed by atoms with Gasteiger partial charge in [-0.25, -0.2) is 0 Å². The molecule has 2 fully saturated rings. The largest absolute Gasteiger partial charge is 0.345 e. The van der Waals surface area contributed by atoms with Crippen molar-refractivity contribution in [2.45, 2.75) is 39.5 Å². The van der Waals surface area contributed by atoms with Gasteiger partial charge in [-0.3, -0.25) is 9.59 Å². The summed E-state index contributed by atoms with van der Waals surface area (Å²) >= 11 is 0. The molecule has 2 aliphatic rings. The number of piperidine rings is 1. The molecule has 0 unspecified atom stereocenters. The third kappa shape index (κ3) is 3.71. The first-order chi connectivity index (χ1) is 8.99. The first-order valence-electron chi connectivity index (χ1n) is 7.52. The van der Waals surface area contributed by atoms with Crippen LogP contribution in [0.2, 0.25) is 0 Å². The minimum Gasteiger partial charge on any atom is -0.345 e. The molecule has 0 aromatic heterocycles. The van der Waals surface area contributed by atoms with E-state index in [-0.39, 0.29) is 11.8 Å². The van der Waals surface area contributed by atoms with Crippen LogP contribution in [-0.4, -0.2) is 48.3 Å². The maximum atomic E-state index is 12.3. The SMILES string of the molecule is CC(C)CN(C)C(=O)C1CCN(C(=O)C2CC2)CC1. The van der Waals surface area contributed by atoms with E-state index in [2.05, 4.69) is 13.8 Å². The Hall–Kier alpha value is -1.06. The molecular formula is C15H26N2O2. The Bertz CT molecular complexity index is 342. The molecule has 4 nitrogen and oxygen atoms in total. The molecule has 1 saturated carbocycles. The van der Waals surface area contributed by atoms with Crippen LogP contribution in [0, 0.1) is 17.8 Å². The molecule has 0 atom stereocenters. The number of likely N-dealkylation sites (tertiary alicyclic amines) is 1. The predicted octanol–water partition coefficient (Wildman–Crippen LogP) is 1.75. The van der Waals surface area contributed by atoms with Crippen molar-refractivity contribution >= 4 is 11.8 Å². The first-order valence-corrected chi connectivity index (χ1v) is 7.52. The lowest BCUT2D eigenvalue weighted by Gasteiger charge is -2.33. The third-order valence-electron chi connectivity index (χ3n) is 4.10. The van der Waals surface area contributed by atoms with Crippen LogP contribution < -0.4 is 0 Å². The molecule has 0 bridgehead atoms.